The van der Waals surface area contributed by atoms with Gasteiger partial charge >= 0.3 is 12.1 Å². The zero-order chi connectivity index (χ0) is 23.1. The quantitative estimate of drug-likeness (QED) is 0.419. The highest BCUT2D eigenvalue weighted by Gasteiger charge is 2.32. The van der Waals surface area contributed by atoms with Crippen molar-refractivity contribution in [3.8, 4) is 0 Å². The molecule has 2 unspecified atom stereocenters. The highest BCUT2D eigenvalue weighted by atomic mass is 16.6. The van der Waals surface area contributed by atoms with Gasteiger partial charge in [0.1, 0.15) is 11.2 Å². The van der Waals surface area contributed by atoms with Crippen LogP contribution >= 0.6 is 0 Å². The number of nitrogens with zero attached hydrogens (tertiary/aromatic N) is 1. The molecule has 0 radical (unpaired) electrons. The first-order valence-corrected chi connectivity index (χ1v) is 12.3. The topological polar surface area (TPSA) is 67.9 Å². The fraction of sp³-hybridized carbons (Fsp3) is 0.920. The molecule has 1 saturated heterocycles. The van der Waals surface area contributed by atoms with Crippen LogP contribution in [0, 0.1) is 17.8 Å². The summed E-state index contributed by atoms with van der Waals surface area (Å²) in [5.74, 6) is 2.00. The minimum atomic E-state index is -0.425. The summed E-state index contributed by atoms with van der Waals surface area (Å²) < 4.78 is 10.9. The molecule has 6 nitrogen and oxygen atoms in total. The third kappa shape index (κ3) is 10.7. The molecular formula is C25H46N2O4. The Morgan fingerprint density at radius 3 is 2.29 bits per heavy atom. The average molecular weight is 439 g/mol. The molecule has 1 aliphatic heterocycles. The van der Waals surface area contributed by atoms with Crippen molar-refractivity contribution in [1.82, 2.24) is 10.2 Å². The van der Waals surface area contributed by atoms with Crippen molar-refractivity contribution in [2.45, 2.75) is 104 Å². The molecule has 1 amide bonds. The molecule has 31 heavy (non-hydrogen) atoms. The number of rotatable bonds is 8. The second-order valence-corrected chi connectivity index (χ2v) is 11.6. The number of carbonyl (C=O) groups excluding carboxylic acids is 2. The number of hydrogen-bond donors (Lipinski definition) is 1. The van der Waals surface area contributed by atoms with Crippen LogP contribution in [-0.4, -0.2) is 54.3 Å². The lowest BCUT2D eigenvalue weighted by molar-refractivity contribution is -0.154. The number of amides is 1. The van der Waals surface area contributed by atoms with Gasteiger partial charge in [-0.15, -0.1) is 0 Å². The van der Waals surface area contributed by atoms with Crippen molar-refractivity contribution in [3.63, 3.8) is 0 Å². The summed E-state index contributed by atoms with van der Waals surface area (Å²) in [7, 11) is 0. The maximum absolute atomic E-state index is 12.3. The van der Waals surface area contributed by atoms with Crippen molar-refractivity contribution in [3.05, 3.63) is 0 Å². The van der Waals surface area contributed by atoms with Crippen molar-refractivity contribution in [2.75, 3.05) is 26.2 Å². The lowest BCUT2D eigenvalue weighted by Crippen LogP contribution is -2.35. The van der Waals surface area contributed by atoms with Crippen LogP contribution in [0.2, 0.25) is 0 Å². The van der Waals surface area contributed by atoms with Crippen molar-refractivity contribution in [1.29, 1.82) is 0 Å². The first-order chi connectivity index (χ1) is 14.4. The Morgan fingerprint density at radius 1 is 0.935 bits per heavy atom. The van der Waals surface area contributed by atoms with E-state index in [1.54, 1.807) is 0 Å². The van der Waals surface area contributed by atoms with E-state index in [1.165, 1.54) is 32.1 Å². The van der Waals surface area contributed by atoms with E-state index in [2.05, 4.69) is 5.32 Å². The Kier molecular flexibility index (Phi) is 9.66. The van der Waals surface area contributed by atoms with E-state index in [-0.39, 0.29) is 12.1 Å². The zero-order valence-electron chi connectivity index (χ0n) is 20.8. The van der Waals surface area contributed by atoms with Gasteiger partial charge in [-0.05, 0) is 104 Å². The first kappa shape index (κ1) is 26.0. The van der Waals surface area contributed by atoms with E-state index >= 15 is 0 Å². The minimum Gasteiger partial charge on any atom is -0.460 e. The van der Waals surface area contributed by atoms with E-state index < -0.39 is 11.2 Å². The monoisotopic (exact) mass is 438 g/mol. The highest BCUT2D eigenvalue weighted by molar-refractivity contribution is 5.69. The number of likely N-dealkylation sites (tertiary alicyclic amines) is 1. The minimum absolute atomic E-state index is 0.107. The maximum atomic E-state index is 12.3. The Bertz CT molecular complexity index is 579. The molecule has 0 aromatic carbocycles. The standard InChI is InChI=1S/C25H46N2O4/c1-24(2,3)30-22(28)11-8-13-26-17-20-10-7-9-19(15-20)16-21-12-14-27(18-21)23(29)31-25(4,5)6/h19-21,26H,7-18H2,1-6H3/t19?,20?,21-/m1/s1. The molecule has 2 aliphatic rings. The number of ether oxygens (including phenoxy) is 2. The summed E-state index contributed by atoms with van der Waals surface area (Å²) in [5.41, 5.74) is -0.823. The summed E-state index contributed by atoms with van der Waals surface area (Å²) >= 11 is 0. The molecule has 1 N–H and O–H groups in total. The van der Waals surface area contributed by atoms with Crippen LogP contribution < -0.4 is 5.32 Å². The zero-order valence-corrected chi connectivity index (χ0v) is 20.8. The highest BCUT2D eigenvalue weighted by Crippen LogP contribution is 2.35. The Balaban J connectivity index is 1.61. The van der Waals surface area contributed by atoms with Gasteiger partial charge in [0.25, 0.3) is 0 Å². The Labute approximate surface area is 189 Å². The predicted molar refractivity (Wildman–Crippen MR) is 124 cm³/mol. The molecule has 2 fully saturated rings. The molecule has 0 spiro atoms. The fourth-order valence-electron chi connectivity index (χ4n) is 4.85. The van der Waals surface area contributed by atoms with Crippen LogP contribution in [0.5, 0.6) is 0 Å². The van der Waals surface area contributed by atoms with E-state index in [1.807, 2.05) is 46.4 Å². The summed E-state index contributed by atoms with van der Waals surface area (Å²) in [5, 5.41) is 3.55. The second-order valence-electron chi connectivity index (χ2n) is 11.6. The average Bonchev–Trinajstić information content (AvgIpc) is 3.07. The van der Waals surface area contributed by atoms with Gasteiger partial charge < -0.3 is 19.7 Å². The molecule has 1 heterocycles. The molecule has 3 atom stereocenters. The van der Waals surface area contributed by atoms with Crippen LogP contribution in [0.25, 0.3) is 0 Å². The molecule has 1 aliphatic carbocycles. The van der Waals surface area contributed by atoms with Gasteiger partial charge in [-0.2, -0.15) is 0 Å². The molecule has 1 saturated carbocycles. The van der Waals surface area contributed by atoms with Crippen LogP contribution in [0.4, 0.5) is 4.79 Å². The van der Waals surface area contributed by atoms with Gasteiger partial charge in [-0.3, -0.25) is 4.79 Å². The van der Waals surface area contributed by atoms with E-state index in [9.17, 15) is 9.59 Å². The van der Waals surface area contributed by atoms with Crippen LogP contribution in [0.15, 0.2) is 0 Å². The summed E-state index contributed by atoms with van der Waals surface area (Å²) in [4.78, 5) is 26.0. The summed E-state index contributed by atoms with van der Waals surface area (Å²) in [6, 6.07) is 0. The maximum Gasteiger partial charge on any atom is 0.410 e. The molecule has 0 bridgehead atoms. The van der Waals surface area contributed by atoms with Crippen LogP contribution in [0.1, 0.15) is 92.9 Å². The molecule has 0 aromatic heterocycles. The van der Waals surface area contributed by atoms with E-state index in [0.29, 0.717) is 12.3 Å². The lowest BCUT2D eigenvalue weighted by Gasteiger charge is -2.31. The lowest BCUT2D eigenvalue weighted by atomic mass is 9.77. The van der Waals surface area contributed by atoms with E-state index in [4.69, 9.17) is 9.47 Å². The third-order valence-corrected chi connectivity index (χ3v) is 6.08. The van der Waals surface area contributed by atoms with Crippen molar-refractivity contribution >= 4 is 12.1 Å². The molecular weight excluding hydrogens is 392 g/mol. The van der Waals surface area contributed by atoms with E-state index in [0.717, 1.165) is 50.9 Å². The Morgan fingerprint density at radius 2 is 1.61 bits per heavy atom. The molecule has 2 rings (SSSR count). The number of esters is 1. The fourth-order valence-corrected chi connectivity index (χ4v) is 4.85. The first-order valence-electron chi connectivity index (χ1n) is 12.3. The van der Waals surface area contributed by atoms with Gasteiger partial charge in [0.15, 0.2) is 0 Å². The Hall–Kier alpha value is -1.30. The predicted octanol–water partition coefficient (Wildman–Crippen LogP) is 5.15. The van der Waals surface area contributed by atoms with Gasteiger partial charge in [0, 0.05) is 19.5 Å². The molecule has 0 aromatic rings. The number of hydrogen-bond acceptors (Lipinski definition) is 5. The second kappa shape index (κ2) is 11.5. The van der Waals surface area contributed by atoms with Gasteiger partial charge in [-0.1, -0.05) is 12.8 Å². The van der Waals surface area contributed by atoms with Crippen molar-refractivity contribution in [2.24, 2.45) is 17.8 Å². The summed E-state index contributed by atoms with van der Waals surface area (Å²) in [6.45, 7) is 15.1. The van der Waals surface area contributed by atoms with Crippen molar-refractivity contribution < 1.29 is 19.1 Å². The molecule has 6 heteroatoms. The van der Waals surface area contributed by atoms with Gasteiger partial charge in [-0.25, -0.2) is 4.79 Å². The van der Waals surface area contributed by atoms with Gasteiger partial charge in [0.05, 0.1) is 0 Å². The summed E-state index contributed by atoms with van der Waals surface area (Å²) in [6.07, 6.45) is 8.67. The normalized spacial score (nSPS) is 24.8. The third-order valence-electron chi connectivity index (χ3n) is 6.08. The van der Waals surface area contributed by atoms with Gasteiger partial charge in [0.2, 0.25) is 0 Å². The number of carbonyl (C=O) groups is 2. The van der Waals surface area contributed by atoms with Crippen LogP contribution in [-0.2, 0) is 14.3 Å². The molecule has 180 valence electrons. The largest absolute Gasteiger partial charge is 0.460 e. The van der Waals surface area contributed by atoms with Crippen LogP contribution in [0.3, 0.4) is 0 Å². The number of nitrogens with one attached hydrogen (secondary N) is 1. The smallest absolute Gasteiger partial charge is 0.410 e. The SMILES string of the molecule is CC(C)(C)OC(=O)CCCNCC1CCCC(C[C@H]2CCN(C(=O)OC(C)(C)C)C2)C1.